The van der Waals surface area contributed by atoms with Crippen molar-refractivity contribution < 1.29 is 0 Å². The molecule has 1 aromatic heterocycles. The second-order valence-electron chi connectivity index (χ2n) is 5.21. The van der Waals surface area contributed by atoms with Crippen LogP contribution in [0.2, 0.25) is 0 Å². The van der Waals surface area contributed by atoms with E-state index in [0.29, 0.717) is 0 Å². The molecule has 1 heterocycles. The number of rotatable bonds is 4. The maximum Gasteiger partial charge on any atom is 0.148 e. The molecule has 0 bridgehead atoms. The van der Waals surface area contributed by atoms with Gasteiger partial charge in [0.25, 0.3) is 0 Å². The van der Waals surface area contributed by atoms with Crippen LogP contribution in [0.5, 0.6) is 0 Å². The monoisotopic (exact) mass is 295 g/mol. The molecule has 0 saturated heterocycles. The molecule has 3 rings (SSSR count). The highest BCUT2D eigenvalue weighted by molar-refractivity contribution is 7.17. The number of hydrogen-bond donors (Lipinski definition) is 0. The molecule has 0 atom stereocenters. The van der Waals surface area contributed by atoms with Gasteiger partial charge in [0.1, 0.15) is 10.0 Å². The number of aromatic nitrogens is 2. The van der Waals surface area contributed by atoms with E-state index in [9.17, 15) is 0 Å². The average Bonchev–Trinajstić information content (AvgIpc) is 2.98. The van der Waals surface area contributed by atoms with Crippen molar-refractivity contribution >= 4 is 11.3 Å². The van der Waals surface area contributed by atoms with Gasteiger partial charge in [-0.15, -0.1) is 10.2 Å². The van der Waals surface area contributed by atoms with Crippen molar-refractivity contribution in [2.45, 2.75) is 6.54 Å². The first-order chi connectivity index (χ1) is 10.2. The molecule has 0 aliphatic heterocycles. The van der Waals surface area contributed by atoms with Crippen LogP contribution in [0, 0.1) is 0 Å². The molecule has 0 spiro atoms. The Morgan fingerprint density at radius 2 is 1.38 bits per heavy atom. The van der Waals surface area contributed by atoms with Crippen molar-refractivity contribution in [2.75, 3.05) is 14.1 Å². The highest BCUT2D eigenvalue weighted by Gasteiger charge is 2.08. The maximum atomic E-state index is 4.31. The van der Waals surface area contributed by atoms with E-state index in [4.69, 9.17) is 0 Å². The standard InChI is InChI=1S/C17H17N3S/c1-20(2)12-13-8-10-15(11-9-13)17-19-18-16(21-17)14-6-4-3-5-7-14/h3-11H,12H2,1-2H3. The van der Waals surface area contributed by atoms with Gasteiger partial charge in [0.2, 0.25) is 0 Å². The summed E-state index contributed by atoms with van der Waals surface area (Å²) in [4.78, 5) is 2.16. The van der Waals surface area contributed by atoms with Crippen LogP contribution in [-0.4, -0.2) is 29.2 Å². The van der Waals surface area contributed by atoms with Crippen molar-refractivity contribution in [3.63, 3.8) is 0 Å². The van der Waals surface area contributed by atoms with Gasteiger partial charge >= 0.3 is 0 Å². The number of nitrogens with zero attached hydrogens (tertiary/aromatic N) is 3. The van der Waals surface area contributed by atoms with Crippen molar-refractivity contribution in [2.24, 2.45) is 0 Å². The molecular formula is C17H17N3S. The predicted octanol–water partition coefficient (Wildman–Crippen LogP) is 3.93. The van der Waals surface area contributed by atoms with Crippen molar-refractivity contribution in [3.8, 4) is 21.1 Å². The van der Waals surface area contributed by atoms with Gasteiger partial charge in [0.15, 0.2) is 0 Å². The smallest absolute Gasteiger partial charge is 0.148 e. The predicted molar refractivity (Wildman–Crippen MR) is 88.2 cm³/mol. The Hall–Kier alpha value is -2.04. The third kappa shape index (κ3) is 3.35. The summed E-state index contributed by atoms with van der Waals surface area (Å²) >= 11 is 1.63. The Balaban J connectivity index is 1.83. The fraction of sp³-hybridized carbons (Fsp3) is 0.176. The van der Waals surface area contributed by atoms with E-state index in [2.05, 4.69) is 65.6 Å². The lowest BCUT2D eigenvalue weighted by Crippen LogP contribution is -2.10. The lowest BCUT2D eigenvalue weighted by Gasteiger charge is -2.09. The quantitative estimate of drug-likeness (QED) is 0.730. The third-order valence-corrected chi connectivity index (χ3v) is 4.17. The average molecular weight is 295 g/mol. The van der Waals surface area contributed by atoms with Crippen molar-refractivity contribution in [3.05, 3.63) is 60.2 Å². The minimum absolute atomic E-state index is 0.950. The Bertz CT molecular complexity index is 702. The van der Waals surface area contributed by atoms with Crippen LogP contribution < -0.4 is 0 Å². The normalized spacial score (nSPS) is 11.0. The summed E-state index contributed by atoms with van der Waals surface area (Å²) < 4.78 is 0. The van der Waals surface area contributed by atoms with Crippen molar-refractivity contribution in [1.82, 2.24) is 15.1 Å². The summed E-state index contributed by atoms with van der Waals surface area (Å²) in [7, 11) is 4.15. The highest BCUT2D eigenvalue weighted by atomic mass is 32.1. The first-order valence-corrected chi connectivity index (χ1v) is 7.67. The molecule has 21 heavy (non-hydrogen) atoms. The van der Waals surface area contributed by atoms with Crippen LogP contribution in [-0.2, 0) is 6.54 Å². The molecule has 0 fully saturated rings. The van der Waals surface area contributed by atoms with Gasteiger partial charge in [0, 0.05) is 17.7 Å². The van der Waals surface area contributed by atoms with E-state index in [-0.39, 0.29) is 0 Å². The zero-order valence-electron chi connectivity index (χ0n) is 12.2. The van der Waals surface area contributed by atoms with Gasteiger partial charge in [-0.25, -0.2) is 0 Å². The molecule has 0 radical (unpaired) electrons. The lowest BCUT2D eigenvalue weighted by molar-refractivity contribution is 0.402. The fourth-order valence-corrected chi connectivity index (χ4v) is 3.01. The Morgan fingerprint density at radius 1 is 0.810 bits per heavy atom. The van der Waals surface area contributed by atoms with Gasteiger partial charge in [-0.1, -0.05) is 65.9 Å². The number of benzene rings is 2. The molecule has 0 aliphatic carbocycles. The summed E-state index contributed by atoms with van der Waals surface area (Å²) in [5.74, 6) is 0. The lowest BCUT2D eigenvalue weighted by atomic mass is 10.1. The molecule has 2 aromatic carbocycles. The minimum Gasteiger partial charge on any atom is -0.305 e. The molecule has 0 aliphatic rings. The van der Waals surface area contributed by atoms with E-state index in [1.165, 1.54) is 5.56 Å². The number of hydrogen-bond acceptors (Lipinski definition) is 4. The van der Waals surface area contributed by atoms with Crippen molar-refractivity contribution in [1.29, 1.82) is 0 Å². The second-order valence-corrected chi connectivity index (χ2v) is 6.19. The molecular weight excluding hydrogens is 278 g/mol. The summed E-state index contributed by atoms with van der Waals surface area (Å²) in [5, 5.41) is 10.5. The molecule has 3 nitrogen and oxygen atoms in total. The van der Waals surface area contributed by atoms with E-state index >= 15 is 0 Å². The van der Waals surface area contributed by atoms with E-state index in [1.807, 2.05) is 18.2 Å². The van der Waals surface area contributed by atoms with Crippen LogP contribution in [0.15, 0.2) is 54.6 Å². The largest absolute Gasteiger partial charge is 0.305 e. The Labute approximate surface area is 128 Å². The first kappa shape index (κ1) is 13.9. The molecule has 0 saturated carbocycles. The van der Waals surface area contributed by atoms with Crippen LogP contribution in [0.3, 0.4) is 0 Å². The second kappa shape index (κ2) is 6.16. The summed E-state index contributed by atoms with van der Waals surface area (Å²) in [6, 6.07) is 18.7. The van der Waals surface area contributed by atoms with Gasteiger partial charge in [-0.05, 0) is 19.7 Å². The zero-order valence-corrected chi connectivity index (χ0v) is 13.0. The zero-order chi connectivity index (χ0) is 14.7. The van der Waals surface area contributed by atoms with E-state index in [0.717, 1.165) is 27.7 Å². The molecule has 4 heteroatoms. The summed E-state index contributed by atoms with van der Waals surface area (Å²) in [5.41, 5.74) is 3.54. The van der Waals surface area contributed by atoms with Gasteiger partial charge in [-0.2, -0.15) is 0 Å². The van der Waals surface area contributed by atoms with Crippen LogP contribution in [0.1, 0.15) is 5.56 Å². The molecule has 106 valence electrons. The van der Waals surface area contributed by atoms with E-state index < -0.39 is 0 Å². The van der Waals surface area contributed by atoms with Crippen LogP contribution >= 0.6 is 11.3 Å². The highest BCUT2D eigenvalue weighted by Crippen LogP contribution is 2.29. The molecule has 0 unspecified atom stereocenters. The van der Waals surface area contributed by atoms with Gasteiger partial charge in [-0.3, -0.25) is 0 Å². The van der Waals surface area contributed by atoms with Crippen LogP contribution in [0.25, 0.3) is 21.1 Å². The Kier molecular flexibility index (Phi) is 4.08. The summed E-state index contributed by atoms with van der Waals surface area (Å²) in [6.45, 7) is 0.950. The first-order valence-electron chi connectivity index (χ1n) is 6.85. The van der Waals surface area contributed by atoms with Crippen LogP contribution in [0.4, 0.5) is 0 Å². The summed E-state index contributed by atoms with van der Waals surface area (Å²) in [6.07, 6.45) is 0. The Morgan fingerprint density at radius 3 is 1.95 bits per heavy atom. The third-order valence-electron chi connectivity index (χ3n) is 3.15. The minimum atomic E-state index is 0.950. The fourth-order valence-electron chi connectivity index (χ4n) is 2.16. The van der Waals surface area contributed by atoms with Gasteiger partial charge in [0.05, 0.1) is 0 Å². The molecule has 3 aromatic rings. The van der Waals surface area contributed by atoms with E-state index in [1.54, 1.807) is 11.3 Å². The molecule has 0 N–H and O–H groups in total. The maximum absolute atomic E-state index is 4.31. The topological polar surface area (TPSA) is 29.0 Å². The SMILES string of the molecule is CN(C)Cc1ccc(-c2nnc(-c3ccccc3)s2)cc1. The van der Waals surface area contributed by atoms with Gasteiger partial charge < -0.3 is 4.90 Å². The molecule has 0 amide bonds.